The lowest BCUT2D eigenvalue weighted by Gasteiger charge is -2.35. The Morgan fingerprint density at radius 2 is 1.92 bits per heavy atom. The molecule has 2 bridgehead atoms. The zero-order chi connectivity index (χ0) is 16.8. The van der Waals surface area contributed by atoms with E-state index in [9.17, 15) is 4.79 Å². The Kier molecular flexibility index (Phi) is 2.87. The van der Waals surface area contributed by atoms with Crippen LogP contribution in [0, 0.1) is 0 Å². The molecule has 0 aliphatic heterocycles. The molecule has 120 valence electrons. The highest BCUT2D eigenvalue weighted by Crippen LogP contribution is 2.51. The third-order valence-corrected chi connectivity index (χ3v) is 4.53. The lowest BCUT2D eigenvalue weighted by atomic mass is 9.74. The molecular formula is C18H12N6O. The van der Waals surface area contributed by atoms with Crippen LogP contribution in [0.4, 0.5) is 0 Å². The average Bonchev–Trinajstić information content (AvgIpc) is 3.18. The first-order valence-electron chi connectivity index (χ1n) is 7.83. The van der Waals surface area contributed by atoms with Gasteiger partial charge in [0.15, 0.2) is 0 Å². The van der Waals surface area contributed by atoms with Gasteiger partial charge in [0.25, 0.3) is 5.56 Å². The predicted octanol–water partition coefficient (Wildman–Crippen LogP) is 2.04. The van der Waals surface area contributed by atoms with Crippen LogP contribution in [0.1, 0.15) is 17.2 Å². The molecule has 0 saturated heterocycles. The van der Waals surface area contributed by atoms with Gasteiger partial charge in [-0.15, -0.1) is 10.2 Å². The summed E-state index contributed by atoms with van der Waals surface area (Å²) in [5.74, 6) is 0.538. The number of aromatic amines is 1. The summed E-state index contributed by atoms with van der Waals surface area (Å²) in [6, 6.07) is 15.4. The molecule has 1 atom stereocenters. The first-order valence-corrected chi connectivity index (χ1v) is 7.83. The predicted molar refractivity (Wildman–Crippen MR) is 90.8 cm³/mol. The minimum atomic E-state index is -0.185. The number of fused-ring (bicyclic) bond motifs is 2. The number of nitrogens with zero attached hydrogens (tertiary/aromatic N) is 5. The highest BCUT2D eigenvalue weighted by atomic mass is 16.1. The molecule has 25 heavy (non-hydrogen) atoms. The summed E-state index contributed by atoms with van der Waals surface area (Å²) in [6.07, 6.45) is 3.08. The summed E-state index contributed by atoms with van der Waals surface area (Å²) >= 11 is 0. The van der Waals surface area contributed by atoms with Gasteiger partial charge in [-0.2, -0.15) is 5.21 Å². The van der Waals surface area contributed by atoms with Gasteiger partial charge < -0.3 is 0 Å². The van der Waals surface area contributed by atoms with Gasteiger partial charge in [-0.3, -0.25) is 9.36 Å². The van der Waals surface area contributed by atoms with Crippen LogP contribution >= 0.6 is 0 Å². The first kappa shape index (κ1) is 13.8. The molecule has 7 nitrogen and oxygen atoms in total. The summed E-state index contributed by atoms with van der Waals surface area (Å²) in [4.78, 5) is 16.4. The Bertz CT molecular complexity index is 1120. The molecule has 0 fully saturated rings. The number of rotatable bonds is 3. The molecule has 2 aliphatic rings. The molecule has 2 heterocycles. The second kappa shape index (κ2) is 5.20. The Labute approximate surface area is 142 Å². The summed E-state index contributed by atoms with van der Waals surface area (Å²) < 4.78 is 1.64. The Morgan fingerprint density at radius 1 is 1.04 bits per heavy atom. The van der Waals surface area contributed by atoms with E-state index in [1.807, 2.05) is 36.4 Å². The molecule has 1 N–H and O–H groups in total. The molecule has 2 aliphatic carbocycles. The van der Waals surface area contributed by atoms with E-state index in [0.717, 1.165) is 27.8 Å². The summed E-state index contributed by atoms with van der Waals surface area (Å²) in [7, 11) is 0. The van der Waals surface area contributed by atoms with Crippen LogP contribution < -0.4 is 5.56 Å². The Balaban J connectivity index is 1.77. The summed E-state index contributed by atoms with van der Waals surface area (Å²) in [5, 5.41) is 14.4. The fourth-order valence-corrected chi connectivity index (χ4v) is 3.46. The monoisotopic (exact) mass is 328 g/mol. The van der Waals surface area contributed by atoms with Gasteiger partial charge in [0, 0.05) is 17.8 Å². The smallest absolute Gasteiger partial charge is 0.254 e. The molecule has 2 aromatic heterocycles. The number of nitrogens with one attached hydrogen (secondary N) is 1. The van der Waals surface area contributed by atoms with Crippen LogP contribution in [-0.2, 0) is 0 Å². The van der Waals surface area contributed by atoms with Gasteiger partial charge in [0.1, 0.15) is 0 Å². The zero-order valence-electron chi connectivity index (χ0n) is 13.0. The van der Waals surface area contributed by atoms with Gasteiger partial charge in [-0.05, 0) is 27.5 Å². The van der Waals surface area contributed by atoms with E-state index in [2.05, 4.69) is 31.7 Å². The second-order valence-electron chi connectivity index (χ2n) is 5.82. The molecule has 0 radical (unpaired) electrons. The van der Waals surface area contributed by atoms with E-state index in [1.54, 1.807) is 10.9 Å². The summed E-state index contributed by atoms with van der Waals surface area (Å²) in [6.45, 7) is 0. The van der Waals surface area contributed by atoms with Gasteiger partial charge in [0.2, 0.25) is 5.82 Å². The quantitative estimate of drug-likeness (QED) is 0.547. The number of benzene rings is 2. The van der Waals surface area contributed by atoms with Crippen LogP contribution in [0.2, 0.25) is 0 Å². The lowest BCUT2D eigenvalue weighted by molar-refractivity contribution is 0.609. The third-order valence-electron chi connectivity index (χ3n) is 4.53. The van der Waals surface area contributed by atoms with Crippen LogP contribution in [0.5, 0.6) is 0 Å². The normalized spacial score (nSPS) is 15.0. The van der Waals surface area contributed by atoms with Crippen molar-refractivity contribution < 1.29 is 0 Å². The standard InChI is InChI=1S/C18H12N6O/c25-14-8-9-19-10-24(14)17-13-7-6-12(11-4-2-1-3-5-11)15(17)16(13)18-20-22-23-21-18/h1-10,17H,(H,20,21,22,23). The van der Waals surface area contributed by atoms with E-state index in [4.69, 9.17) is 0 Å². The number of hydrogen-bond acceptors (Lipinski definition) is 5. The molecule has 6 rings (SSSR count). The van der Waals surface area contributed by atoms with Gasteiger partial charge in [0.05, 0.1) is 12.4 Å². The van der Waals surface area contributed by atoms with Crippen molar-refractivity contribution >= 4 is 0 Å². The molecule has 1 unspecified atom stereocenters. The van der Waals surface area contributed by atoms with Crippen molar-refractivity contribution in [2.24, 2.45) is 0 Å². The number of aromatic nitrogens is 6. The molecule has 2 aromatic carbocycles. The number of H-pyrrole nitrogens is 1. The number of hydrogen-bond donors (Lipinski definition) is 1. The highest BCUT2D eigenvalue weighted by Gasteiger charge is 2.38. The van der Waals surface area contributed by atoms with E-state index in [1.165, 1.54) is 12.3 Å². The minimum Gasteiger partial charge on any atom is -0.287 e. The maximum Gasteiger partial charge on any atom is 0.254 e. The topological polar surface area (TPSA) is 89.4 Å². The van der Waals surface area contributed by atoms with Crippen molar-refractivity contribution in [2.75, 3.05) is 0 Å². The van der Waals surface area contributed by atoms with E-state index < -0.39 is 0 Å². The van der Waals surface area contributed by atoms with E-state index >= 15 is 0 Å². The van der Waals surface area contributed by atoms with Crippen LogP contribution in [0.3, 0.4) is 0 Å². The third kappa shape index (κ3) is 1.96. The Morgan fingerprint density at radius 3 is 2.68 bits per heavy atom. The average molecular weight is 328 g/mol. The first-order chi connectivity index (χ1) is 12.3. The fraction of sp³-hybridized carbons (Fsp3) is 0.0556. The minimum absolute atomic E-state index is 0.0927. The van der Waals surface area contributed by atoms with Crippen molar-refractivity contribution in [3.63, 3.8) is 0 Å². The molecule has 0 amide bonds. The van der Waals surface area contributed by atoms with Crippen LogP contribution in [-0.4, -0.2) is 30.2 Å². The van der Waals surface area contributed by atoms with Crippen LogP contribution in [0.15, 0.2) is 65.8 Å². The zero-order valence-corrected chi connectivity index (χ0v) is 13.0. The molecule has 4 aromatic rings. The van der Waals surface area contributed by atoms with Crippen molar-refractivity contribution in [3.05, 3.63) is 82.5 Å². The maximum absolute atomic E-state index is 12.3. The van der Waals surface area contributed by atoms with Gasteiger partial charge in [-0.1, -0.05) is 42.5 Å². The molecule has 7 heteroatoms. The van der Waals surface area contributed by atoms with Gasteiger partial charge in [-0.25, -0.2) is 4.98 Å². The molecule has 0 saturated carbocycles. The van der Waals surface area contributed by atoms with Crippen molar-refractivity contribution in [2.45, 2.75) is 6.04 Å². The molecule has 0 spiro atoms. The van der Waals surface area contributed by atoms with Crippen molar-refractivity contribution in [3.8, 4) is 22.5 Å². The highest BCUT2D eigenvalue weighted by molar-refractivity contribution is 5.86. The SMILES string of the molecule is O=c1ccncn1C1C2=C(c3nn[nH]n3)C1=C(c1ccccc1)C=C2. The fourth-order valence-electron chi connectivity index (χ4n) is 3.46. The van der Waals surface area contributed by atoms with Crippen LogP contribution in [0.25, 0.3) is 22.5 Å². The van der Waals surface area contributed by atoms with E-state index in [-0.39, 0.29) is 11.6 Å². The van der Waals surface area contributed by atoms with E-state index in [0.29, 0.717) is 5.82 Å². The largest absolute Gasteiger partial charge is 0.287 e. The summed E-state index contributed by atoms with van der Waals surface area (Å²) in [5.41, 5.74) is 4.97. The van der Waals surface area contributed by atoms with Gasteiger partial charge >= 0.3 is 0 Å². The number of tetrazole rings is 1. The van der Waals surface area contributed by atoms with Crippen molar-refractivity contribution in [1.82, 2.24) is 30.2 Å². The lowest BCUT2D eigenvalue weighted by Crippen LogP contribution is -2.32. The van der Waals surface area contributed by atoms with Crippen molar-refractivity contribution in [1.29, 1.82) is 0 Å². The maximum atomic E-state index is 12.3. The second-order valence-corrected chi connectivity index (χ2v) is 5.82. The Hall–Kier alpha value is -3.61. The molecular weight excluding hydrogens is 316 g/mol.